The summed E-state index contributed by atoms with van der Waals surface area (Å²) in [6, 6.07) is 4.61. The number of carbonyl (C=O) groups is 1. The minimum absolute atomic E-state index is 0.0546. The van der Waals surface area contributed by atoms with Gasteiger partial charge in [-0.05, 0) is 31.0 Å². The number of rotatable bonds is 13. The Morgan fingerprint density at radius 3 is 2.48 bits per heavy atom. The number of benzene rings is 1. The van der Waals surface area contributed by atoms with Gasteiger partial charge >= 0.3 is 5.97 Å². The van der Waals surface area contributed by atoms with Crippen molar-refractivity contribution >= 4 is 22.2 Å². The number of aliphatic carboxylic acids is 1. The van der Waals surface area contributed by atoms with Crippen molar-refractivity contribution in [3.05, 3.63) is 35.4 Å². The highest BCUT2D eigenvalue weighted by atomic mass is 32.2. The number of unbranched alkanes of at least 4 members (excludes halogenated alkanes) is 5. The third kappa shape index (κ3) is 8.13. The summed E-state index contributed by atoms with van der Waals surface area (Å²) in [5, 5.41) is 17.7. The third-order valence-electron chi connectivity index (χ3n) is 4.28. The zero-order valence-corrected chi connectivity index (χ0v) is 16.9. The number of hydrogen-bond donors (Lipinski definition) is 2. The van der Waals surface area contributed by atoms with Gasteiger partial charge in [-0.15, -0.1) is 0 Å². The molecular weight excluding hydrogens is 368 g/mol. The minimum Gasteiger partial charge on any atom is -0.507 e. The Bertz CT molecular complexity index is 724. The van der Waals surface area contributed by atoms with Gasteiger partial charge in [0.15, 0.2) is 6.61 Å². The fourth-order valence-electron chi connectivity index (χ4n) is 2.89. The maximum atomic E-state index is 12.6. The van der Waals surface area contributed by atoms with Crippen LogP contribution in [-0.2, 0) is 19.1 Å². The van der Waals surface area contributed by atoms with Crippen LogP contribution in [-0.4, -0.2) is 31.2 Å². The van der Waals surface area contributed by atoms with Crippen molar-refractivity contribution in [1.82, 2.24) is 0 Å². The van der Waals surface area contributed by atoms with Gasteiger partial charge in [0.2, 0.25) is 0 Å². The summed E-state index contributed by atoms with van der Waals surface area (Å²) >= 11 is 0. The van der Waals surface area contributed by atoms with E-state index >= 15 is 0 Å². The number of phenols is 1. The molecule has 1 rings (SSSR count). The summed E-state index contributed by atoms with van der Waals surface area (Å²) in [5.74, 6) is -1.28. The topological polar surface area (TPSA) is 101 Å². The zero-order chi connectivity index (χ0) is 20.3. The van der Waals surface area contributed by atoms with E-state index in [1.165, 1.54) is 6.07 Å². The number of phenolic OH excluding ortho intramolecular Hbond substituents is 1. The van der Waals surface area contributed by atoms with Crippen molar-refractivity contribution in [2.45, 2.75) is 64.0 Å². The van der Waals surface area contributed by atoms with E-state index in [1.54, 1.807) is 31.2 Å². The van der Waals surface area contributed by atoms with Crippen LogP contribution in [0.15, 0.2) is 24.3 Å². The standard InChI is InChI=1S/C20H30O6S/c1-3-5-6-7-8-9-11-19(27(24,25)26-15-20(22)23)17-12-13-18(21)16(14-17)10-4-2/h4,10,12-14,19,21H,3,5-9,11,15H2,1-2H3,(H,22,23). The van der Waals surface area contributed by atoms with Gasteiger partial charge in [-0.25, -0.2) is 4.79 Å². The van der Waals surface area contributed by atoms with E-state index in [-0.39, 0.29) is 5.75 Å². The Morgan fingerprint density at radius 1 is 1.19 bits per heavy atom. The SMILES string of the molecule is CC=Cc1cc(C(CCCCCCCC)S(=O)(=O)OCC(=O)O)ccc1O. The summed E-state index contributed by atoms with van der Waals surface area (Å²) in [4.78, 5) is 10.7. The molecule has 0 aliphatic rings. The molecule has 7 heteroatoms. The first kappa shape index (κ1) is 23.2. The lowest BCUT2D eigenvalue weighted by atomic mass is 10.0. The molecule has 1 aromatic carbocycles. The molecule has 6 nitrogen and oxygen atoms in total. The smallest absolute Gasteiger partial charge is 0.331 e. The van der Waals surface area contributed by atoms with Crippen molar-refractivity contribution in [2.24, 2.45) is 0 Å². The first-order chi connectivity index (χ1) is 12.8. The van der Waals surface area contributed by atoms with Crippen molar-refractivity contribution in [3.63, 3.8) is 0 Å². The lowest BCUT2D eigenvalue weighted by Gasteiger charge is -2.18. The van der Waals surface area contributed by atoms with E-state index in [0.29, 0.717) is 24.0 Å². The van der Waals surface area contributed by atoms with Gasteiger partial charge in [-0.3, -0.25) is 4.18 Å². The molecule has 0 fully saturated rings. The molecule has 0 saturated carbocycles. The van der Waals surface area contributed by atoms with Crippen molar-refractivity contribution in [2.75, 3.05) is 6.61 Å². The van der Waals surface area contributed by atoms with E-state index < -0.39 is 27.9 Å². The maximum Gasteiger partial charge on any atom is 0.331 e. The number of carboxylic acid groups (broad SMARTS) is 1. The highest BCUT2D eigenvalue weighted by Crippen LogP contribution is 2.33. The molecule has 1 aromatic rings. The van der Waals surface area contributed by atoms with Crippen LogP contribution in [0.3, 0.4) is 0 Å². The van der Waals surface area contributed by atoms with E-state index in [9.17, 15) is 18.3 Å². The van der Waals surface area contributed by atoms with Crippen LogP contribution in [0.25, 0.3) is 6.08 Å². The zero-order valence-electron chi connectivity index (χ0n) is 16.1. The Kier molecular flexibility index (Phi) is 10.1. The van der Waals surface area contributed by atoms with Gasteiger partial charge in [-0.2, -0.15) is 8.42 Å². The van der Waals surface area contributed by atoms with Crippen molar-refractivity contribution in [3.8, 4) is 5.75 Å². The summed E-state index contributed by atoms with van der Waals surface area (Å²) in [7, 11) is -4.10. The molecule has 0 heterocycles. The number of carboxylic acids is 1. The second-order valence-corrected chi connectivity index (χ2v) is 8.30. The second kappa shape index (κ2) is 11.8. The molecule has 0 spiro atoms. The Morgan fingerprint density at radius 2 is 1.85 bits per heavy atom. The summed E-state index contributed by atoms with van der Waals surface area (Å²) < 4.78 is 29.9. The van der Waals surface area contributed by atoms with E-state index in [0.717, 1.165) is 32.1 Å². The van der Waals surface area contributed by atoms with Gasteiger partial charge in [0.1, 0.15) is 11.0 Å². The fourth-order valence-corrected chi connectivity index (χ4v) is 4.25. The first-order valence-corrected chi connectivity index (χ1v) is 10.8. The van der Waals surface area contributed by atoms with E-state index in [2.05, 4.69) is 6.92 Å². The van der Waals surface area contributed by atoms with Gasteiger partial charge < -0.3 is 10.2 Å². The molecule has 0 aliphatic heterocycles. The highest BCUT2D eigenvalue weighted by Gasteiger charge is 2.29. The quantitative estimate of drug-likeness (QED) is 0.370. The highest BCUT2D eigenvalue weighted by molar-refractivity contribution is 7.87. The molecule has 1 unspecified atom stereocenters. The molecule has 152 valence electrons. The average Bonchev–Trinajstić information content (AvgIpc) is 2.62. The van der Waals surface area contributed by atoms with Crippen LogP contribution in [0.2, 0.25) is 0 Å². The van der Waals surface area contributed by atoms with Crippen LogP contribution in [0.4, 0.5) is 0 Å². The summed E-state index contributed by atoms with van der Waals surface area (Å²) in [6.45, 7) is 3.04. The lowest BCUT2D eigenvalue weighted by molar-refractivity contribution is -0.139. The largest absolute Gasteiger partial charge is 0.507 e. The predicted octanol–water partition coefficient (Wildman–Crippen LogP) is 4.65. The molecule has 0 aliphatic carbocycles. The van der Waals surface area contributed by atoms with Crippen LogP contribution in [0.1, 0.15) is 75.2 Å². The van der Waals surface area contributed by atoms with Gasteiger partial charge in [0.05, 0.1) is 0 Å². The summed E-state index contributed by atoms with van der Waals surface area (Å²) in [6.07, 6.45) is 9.84. The molecule has 0 saturated heterocycles. The molecule has 2 N–H and O–H groups in total. The Balaban J connectivity index is 2.99. The predicted molar refractivity (Wildman–Crippen MR) is 106 cm³/mol. The number of hydrogen-bond acceptors (Lipinski definition) is 5. The van der Waals surface area contributed by atoms with Gasteiger partial charge in [0, 0.05) is 5.56 Å². The number of aromatic hydroxyl groups is 1. The lowest BCUT2D eigenvalue weighted by Crippen LogP contribution is -2.20. The van der Waals surface area contributed by atoms with Gasteiger partial charge in [0.25, 0.3) is 10.1 Å². The number of allylic oxidation sites excluding steroid dienone is 1. The van der Waals surface area contributed by atoms with Crippen molar-refractivity contribution < 1.29 is 27.6 Å². The molecule has 27 heavy (non-hydrogen) atoms. The Labute approximate surface area is 162 Å². The third-order valence-corrected chi connectivity index (χ3v) is 5.94. The normalized spacial score (nSPS) is 13.1. The van der Waals surface area contributed by atoms with E-state index in [4.69, 9.17) is 9.29 Å². The van der Waals surface area contributed by atoms with Gasteiger partial charge in [-0.1, -0.05) is 63.7 Å². The monoisotopic (exact) mass is 398 g/mol. The van der Waals surface area contributed by atoms with Crippen molar-refractivity contribution in [1.29, 1.82) is 0 Å². The van der Waals surface area contributed by atoms with E-state index in [1.807, 2.05) is 0 Å². The second-order valence-electron chi connectivity index (χ2n) is 6.51. The average molecular weight is 399 g/mol. The first-order valence-electron chi connectivity index (χ1n) is 9.37. The molecule has 0 amide bonds. The molecule has 0 aromatic heterocycles. The van der Waals surface area contributed by atoms with Crippen LogP contribution in [0, 0.1) is 0 Å². The minimum atomic E-state index is -4.10. The summed E-state index contributed by atoms with van der Waals surface area (Å²) in [5.41, 5.74) is 0.997. The molecular formula is C20H30O6S. The molecule has 0 radical (unpaired) electrons. The molecule has 0 bridgehead atoms. The Hall–Kier alpha value is -1.86. The van der Waals surface area contributed by atoms with Crippen LogP contribution < -0.4 is 0 Å². The fraction of sp³-hybridized carbons (Fsp3) is 0.550. The van der Waals surface area contributed by atoms with Crippen LogP contribution >= 0.6 is 0 Å². The maximum absolute atomic E-state index is 12.6. The van der Waals surface area contributed by atoms with Crippen LogP contribution in [0.5, 0.6) is 5.75 Å². The molecule has 1 atom stereocenters.